The third-order valence-corrected chi connectivity index (χ3v) is 3.61. The number of carboxylic acid groups (broad SMARTS) is 5. The monoisotopic (exact) mass is 397 g/mol. The van der Waals surface area contributed by atoms with Gasteiger partial charge in [-0.05, 0) is 6.42 Å². The standard InChI is InChI=1S/C16H15NO11/c1-2-3-4-17-11(18)5-6(12(19)20)8(14(23)24)10(16(27)28)9(15(25)26)7(5)13(21)22/h2-4H2,1H3,(H,17,18)(H,19,20)(H,21,22)(H,23,24)(H,25,26)(H,27,28). The summed E-state index contributed by atoms with van der Waals surface area (Å²) in [5.74, 6) is -12.1. The molecule has 0 saturated heterocycles. The number of rotatable bonds is 9. The van der Waals surface area contributed by atoms with Crippen molar-refractivity contribution < 1.29 is 54.3 Å². The van der Waals surface area contributed by atoms with Crippen LogP contribution in [0.1, 0.15) is 81.9 Å². The lowest BCUT2D eigenvalue weighted by atomic mass is 9.85. The van der Waals surface area contributed by atoms with E-state index in [2.05, 4.69) is 5.32 Å². The van der Waals surface area contributed by atoms with Gasteiger partial charge >= 0.3 is 29.8 Å². The smallest absolute Gasteiger partial charge is 0.337 e. The molecule has 0 atom stereocenters. The molecule has 0 aliphatic rings. The molecule has 0 aliphatic carbocycles. The van der Waals surface area contributed by atoms with Crippen molar-refractivity contribution >= 4 is 35.8 Å². The Morgan fingerprint density at radius 3 is 1.14 bits per heavy atom. The van der Waals surface area contributed by atoms with Gasteiger partial charge < -0.3 is 30.8 Å². The Morgan fingerprint density at radius 1 is 0.607 bits per heavy atom. The largest absolute Gasteiger partial charge is 0.478 e. The predicted octanol–water partition coefficient (Wildman–Crippen LogP) is 0.708. The van der Waals surface area contributed by atoms with Gasteiger partial charge in [0, 0.05) is 6.54 Å². The molecule has 0 aromatic heterocycles. The van der Waals surface area contributed by atoms with Crippen LogP contribution in [0.4, 0.5) is 0 Å². The predicted molar refractivity (Wildman–Crippen MR) is 88.5 cm³/mol. The summed E-state index contributed by atoms with van der Waals surface area (Å²) in [6.45, 7) is 1.71. The quantitative estimate of drug-likeness (QED) is 0.319. The van der Waals surface area contributed by atoms with Gasteiger partial charge in [0.05, 0.1) is 33.4 Å². The third kappa shape index (κ3) is 4.06. The normalized spacial score (nSPS) is 10.2. The van der Waals surface area contributed by atoms with Crippen LogP contribution >= 0.6 is 0 Å². The molecule has 0 fully saturated rings. The molecule has 0 spiro atoms. The Kier molecular flexibility index (Phi) is 6.80. The highest BCUT2D eigenvalue weighted by Crippen LogP contribution is 2.30. The number of carbonyl (C=O) groups is 6. The van der Waals surface area contributed by atoms with E-state index in [1.165, 1.54) is 0 Å². The SMILES string of the molecule is CCCCNC(=O)c1c(C(=O)O)c(C(=O)O)c(C(=O)O)c(C(=O)O)c1C(=O)O. The van der Waals surface area contributed by atoms with Crippen molar-refractivity contribution in [2.75, 3.05) is 6.54 Å². The molecule has 1 aromatic carbocycles. The van der Waals surface area contributed by atoms with Gasteiger partial charge in [-0.3, -0.25) is 4.79 Å². The van der Waals surface area contributed by atoms with E-state index >= 15 is 0 Å². The summed E-state index contributed by atoms with van der Waals surface area (Å²) in [5, 5.41) is 48.8. The second-order valence-electron chi connectivity index (χ2n) is 5.39. The molecule has 0 radical (unpaired) electrons. The molecule has 0 aliphatic heterocycles. The summed E-state index contributed by atoms with van der Waals surface area (Å²) in [6, 6.07) is 0. The van der Waals surface area contributed by atoms with Crippen molar-refractivity contribution in [1.82, 2.24) is 5.32 Å². The number of amides is 1. The molecule has 12 heteroatoms. The maximum absolute atomic E-state index is 12.4. The fraction of sp³-hybridized carbons (Fsp3) is 0.250. The Labute approximate surface area is 156 Å². The van der Waals surface area contributed by atoms with Crippen molar-refractivity contribution in [1.29, 1.82) is 0 Å². The van der Waals surface area contributed by atoms with Gasteiger partial charge in [0.2, 0.25) is 0 Å². The lowest BCUT2D eigenvalue weighted by molar-refractivity contribution is 0.0606. The molecule has 0 heterocycles. The first-order valence-corrected chi connectivity index (χ1v) is 7.65. The van der Waals surface area contributed by atoms with Crippen molar-refractivity contribution in [3.05, 3.63) is 33.4 Å². The van der Waals surface area contributed by atoms with Gasteiger partial charge in [-0.15, -0.1) is 0 Å². The molecule has 28 heavy (non-hydrogen) atoms. The minimum absolute atomic E-state index is 0.0427. The van der Waals surface area contributed by atoms with E-state index in [4.69, 9.17) is 0 Å². The second-order valence-corrected chi connectivity index (χ2v) is 5.39. The number of unbranched alkanes of at least 4 members (excludes halogenated alkanes) is 1. The van der Waals surface area contributed by atoms with Gasteiger partial charge in [0.25, 0.3) is 5.91 Å². The number of nitrogens with one attached hydrogen (secondary N) is 1. The van der Waals surface area contributed by atoms with E-state index < -0.39 is 69.1 Å². The van der Waals surface area contributed by atoms with E-state index in [0.29, 0.717) is 12.8 Å². The zero-order valence-electron chi connectivity index (χ0n) is 14.3. The van der Waals surface area contributed by atoms with E-state index in [-0.39, 0.29) is 6.54 Å². The molecule has 0 saturated carbocycles. The summed E-state index contributed by atoms with van der Waals surface area (Å²) in [6.07, 6.45) is 0.998. The minimum atomic E-state index is -2.18. The van der Waals surface area contributed by atoms with Crippen LogP contribution in [-0.2, 0) is 0 Å². The molecule has 1 amide bonds. The summed E-state index contributed by atoms with van der Waals surface area (Å²) >= 11 is 0. The summed E-state index contributed by atoms with van der Waals surface area (Å²) < 4.78 is 0. The molecule has 6 N–H and O–H groups in total. The second kappa shape index (κ2) is 8.62. The molecular formula is C16H15NO11. The van der Waals surface area contributed by atoms with Crippen LogP contribution < -0.4 is 5.32 Å². The van der Waals surface area contributed by atoms with Crippen LogP contribution in [-0.4, -0.2) is 67.8 Å². The Morgan fingerprint density at radius 2 is 0.893 bits per heavy atom. The van der Waals surface area contributed by atoms with Crippen molar-refractivity contribution in [2.24, 2.45) is 0 Å². The number of hydrogen-bond donors (Lipinski definition) is 6. The van der Waals surface area contributed by atoms with Gasteiger partial charge in [-0.2, -0.15) is 0 Å². The number of carbonyl (C=O) groups excluding carboxylic acids is 1. The maximum Gasteiger partial charge on any atom is 0.337 e. The fourth-order valence-corrected chi connectivity index (χ4v) is 2.51. The average molecular weight is 397 g/mol. The Balaban J connectivity index is 4.22. The number of hydrogen-bond acceptors (Lipinski definition) is 6. The van der Waals surface area contributed by atoms with Crippen LogP contribution in [0.25, 0.3) is 0 Å². The first-order chi connectivity index (χ1) is 13.0. The summed E-state index contributed by atoms with van der Waals surface area (Å²) in [4.78, 5) is 70.3. The zero-order valence-corrected chi connectivity index (χ0v) is 14.3. The van der Waals surface area contributed by atoms with Crippen LogP contribution in [0.5, 0.6) is 0 Å². The van der Waals surface area contributed by atoms with Gasteiger partial charge in [0.15, 0.2) is 0 Å². The van der Waals surface area contributed by atoms with Crippen LogP contribution in [0.3, 0.4) is 0 Å². The minimum Gasteiger partial charge on any atom is -0.478 e. The Hall–Kier alpha value is -3.96. The third-order valence-electron chi connectivity index (χ3n) is 3.61. The zero-order chi connectivity index (χ0) is 21.8. The lowest BCUT2D eigenvalue weighted by Crippen LogP contribution is -2.33. The molecule has 12 nitrogen and oxygen atoms in total. The molecule has 1 aromatic rings. The maximum atomic E-state index is 12.4. The highest BCUT2D eigenvalue weighted by Gasteiger charge is 2.40. The summed E-state index contributed by atoms with van der Waals surface area (Å²) in [7, 11) is 0. The molecule has 0 unspecified atom stereocenters. The number of aromatic carboxylic acids is 5. The summed E-state index contributed by atoms with van der Waals surface area (Å²) in [5.41, 5.74) is -8.69. The molecule has 1 rings (SSSR count). The first kappa shape index (κ1) is 22.1. The van der Waals surface area contributed by atoms with Crippen molar-refractivity contribution in [3.63, 3.8) is 0 Å². The van der Waals surface area contributed by atoms with E-state index in [9.17, 15) is 54.3 Å². The highest BCUT2D eigenvalue weighted by atomic mass is 16.4. The Bertz CT molecular complexity index is 847. The molecular weight excluding hydrogens is 382 g/mol. The van der Waals surface area contributed by atoms with Gasteiger partial charge in [-0.25, -0.2) is 24.0 Å². The van der Waals surface area contributed by atoms with Crippen molar-refractivity contribution in [3.8, 4) is 0 Å². The highest BCUT2D eigenvalue weighted by molar-refractivity contribution is 6.23. The van der Waals surface area contributed by atoms with Crippen LogP contribution in [0, 0.1) is 0 Å². The number of benzene rings is 1. The van der Waals surface area contributed by atoms with E-state index in [0.717, 1.165) is 0 Å². The van der Waals surface area contributed by atoms with Crippen molar-refractivity contribution in [2.45, 2.75) is 19.8 Å². The van der Waals surface area contributed by atoms with E-state index in [1.807, 2.05) is 0 Å². The molecule has 0 bridgehead atoms. The average Bonchev–Trinajstić information content (AvgIpc) is 2.58. The topological polar surface area (TPSA) is 216 Å². The van der Waals surface area contributed by atoms with Gasteiger partial charge in [0.1, 0.15) is 0 Å². The fourth-order valence-electron chi connectivity index (χ4n) is 2.51. The van der Waals surface area contributed by atoms with Gasteiger partial charge in [-0.1, -0.05) is 13.3 Å². The lowest BCUT2D eigenvalue weighted by Gasteiger charge is -2.18. The number of carboxylic acids is 5. The molecule has 150 valence electrons. The van der Waals surface area contributed by atoms with Crippen LogP contribution in [0.15, 0.2) is 0 Å². The first-order valence-electron chi connectivity index (χ1n) is 7.65. The van der Waals surface area contributed by atoms with E-state index in [1.54, 1.807) is 6.92 Å². The van der Waals surface area contributed by atoms with Crippen LogP contribution in [0.2, 0.25) is 0 Å².